The zero-order chi connectivity index (χ0) is 21.3. The van der Waals surface area contributed by atoms with Crippen molar-refractivity contribution in [2.75, 3.05) is 0 Å². The molecule has 4 rings (SSSR count). The number of nitrogens with one attached hydrogen (secondary N) is 1. The van der Waals surface area contributed by atoms with E-state index in [1.54, 1.807) is 13.1 Å². The van der Waals surface area contributed by atoms with Gasteiger partial charge in [0, 0.05) is 19.3 Å². The molecule has 0 aliphatic carbocycles. The molecule has 0 amide bonds. The number of nitrogens with zero attached hydrogens (tertiary/aromatic N) is 2. The highest BCUT2D eigenvalue weighted by atomic mass is 32.1. The number of ether oxygens (including phenoxy) is 1. The predicted molar refractivity (Wildman–Crippen MR) is 113 cm³/mol. The molecule has 9 heteroatoms. The molecule has 0 fully saturated rings. The number of aromatic amines is 1. The van der Waals surface area contributed by atoms with Crippen LogP contribution >= 0.6 is 11.3 Å². The van der Waals surface area contributed by atoms with E-state index in [9.17, 15) is 19.2 Å². The lowest BCUT2D eigenvalue weighted by molar-refractivity contribution is 0.0478. The normalized spacial score (nSPS) is 11.0. The number of fused-ring (bicyclic) bond motifs is 1. The largest absolute Gasteiger partial charge is 0.457 e. The minimum Gasteiger partial charge on any atom is -0.457 e. The number of carbonyl (C=O) groups excluding carboxylic acids is 1. The van der Waals surface area contributed by atoms with Gasteiger partial charge in [-0.15, -0.1) is 11.3 Å². The minimum atomic E-state index is -0.627. The molecule has 4 aromatic rings. The molecule has 0 radical (unpaired) electrons. The highest BCUT2D eigenvalue weighted by Gasteiger charge is 2.19. The smallest absolute Gasteiger partial charge is 0.348 e. The number of H-pyrrole nitrogens is 1. The van der Waals surface area contributed by atoms with Gasteiger partial charge < -0.3 is 9.72 Å². The van der Waals surface area contributed by atoms with Crippen LogP contribution in [0.25, 0.3) is 10.2 Å². The standard InChI is InChI=1S/C21H17N3O5S/c1-23-19-15(18(26)24(21(23)28)11-13-5-3-2-4-6-13)10-16(30-19)20(27)29-12-14-7-8-22-17(25)9-14/h2-10H,11-12H2,1H3,(H,22,25). The molecule has 1 N–H and O–H groups in total. The molecule has 1 aromatic carbocycles. The van der Waals surface area contributed by atoms with E-state index in [2.05, 4.69) is 4.98 Å². The van der Waals surface area contributed by atoms with Crippen molar-refractivity contribution in [3.63, 3.8) is 0 Å². The summed E-state index contributed by atoms with van der Waals surface area (Å²) in [4.78, 5) is 52.5. The summed E-state index contributed by atoms with van der Waals surface area (Å²) in [5, 5.41) is 0.279. The van der Waals surface area contributed by atoms with E-state index in [1.165, 1.54) is 22.9 Å². The van der Waals surface area contributed by atoms with Gasteiger partial charge >= 0.3 is 11.7 Å². The summed E-state index contributed by atoms with van der Waals surface area (Å²) in [5.74, 6) is -0.627. The number of benzene rings is 1. The highest BCUT2D eigenvalue weighted by molar-refractivity contribution is 7.20. The lowest BCUT2D eigenvalue weighted by Gasteiger charge is -2.08. The van der Waals surface area contributed by atoms with Gasteiger partial charge in [-0.1, -0.05) is 30.3 Å². The van der Waals surface area contributed by atoms with E-state index < -0.39 is 17.2 Å². The molecule has 0 atom stereocenters. The van der Waals surface area contributed by atoms with Crippen LogP contribution in [0.1, 0.15) is 20.8 Å². The first kappa shape index (κ1) is 19.6. The second-order valence-electron chi connectivity index (χ2n) is 6.69. The number of aryl methyl sites for hydroxylation is 1. The highest BCUT2D eigenvalue weighted by Crippen LogP contribution is 2.23. The van der Waals surface area contributed by atoms with Gasteiger partial charge in [0.05, 0.1) is 11.9 Å². The lowest BCUT2D eigenvalue weighted by Crippen LogP contribution is -2.38. The number of hydrogen-bond donors (Lipinski definition) is 1. The monoisotopic (exact) mass is 423 g/mol. The Labute approximate surface area is 173 Å². The lowest BCUT2D eigenvalue weighted by atomic mass is 10.2. The number of aromatic nitrogens is 3. The van der Waals surface area contributed by atoms with Crippen LogP contribution in [-0.2, 0) is 24.9 Å². The third-order valence-corrected chi connectivity index (χ3v) is 5.80. The van der Waals surface area contributed by atoms with Crippen LogP contribution in [0.15, 0.2) is 69.1 Å². The number of thiophene rings is 1. The molecule has 0 unspecified atom stereocenters. The quantitative estimate of drug-likeness (QED) is 0.494. The van der Waals surface area contributed by atoms with Crippen LogP contribution in [0, 0.1) is 0 Å². The fourth-order valence-corrected chi connectivity index (χ4v) is 4.09. The fourth-order valence-electron chi connectivity index (χ4n) is 3.09. The first-order valence-electron chi connectivity index (χ1n) is 9.06. The van der Waals surface area contributed by atoms with Crippen LogP contribution in [0.3, 0.4) is 0 Å². The van der Waals surface area contributed by atoms with E-state index >= 15 is 0 Å². The SMILES string of the molecule is Cn1c(=O)n(Cc2ccccc2)c(=O)c2cc(C(=O)OCc3cc[nH]c(=O)c3)sc21. The van der Waals surface area contributed by atoms with Crippen molar-refractivity contribution in [3.05, 3.63) is 102 Å². The van der Waals surface area contributed by atoms with Crippen LogP contribution in [0.5, 0.6) is 0 Å². The van der Waals surface area contributed by atoms with Gasteiger partial charge in [-0.05, 0) is 23.3 Å². The van der Waals surface area contributed by atoms with Crippen molar-refractivity contribution < 1.29 is 9.53 Å². The number of rotatable bonds is 5. The molecule has 30 heavy (non-hydrogen) atoms. The summed E-state index contributed by atoms with van der Waals surface area (Å²) >= 11 is 1.02. The Morgan fingerprint density at radius 3 is 2.57 bits per heavy atom. The molecule has 0 aliphatic rings. The third kappa shape index (κ3) is 3.74. The van der Waals surface area contributed by atoms with Crippen LogP contribution in [-0.4, -0.2) is 20.1 Å². The van der Waals surface area contributed by atoms with Crippen LogP contribution in [0.2, 0.25) is 0 Å². The Morgan fingerprint density at radius 1 is 1.07 bits per heavy atom. The van der Waals surface area contributed by atoms with Gasteiger partial charge in [0.15, 0.2) is 0 Å². The zero-order valence-corrected chi connectivity index (χ0v) is 16.8. The van der Waals surface area contributed by atoms with Crippen molar-refractivity contribution in [2.24, 2.45) is 7.05 Å². The second-order valence-corrected chi connectivity index (χ2v) is 7.72. The molecule has 0 saturated heterocycles. The first-order chi connectivity index (χ1) is 14.4. The summed E-state index contributed by atoms with van der Waals surface area (Å²) in [5.41, 5.74) is 0.164. The number of esters is 1. The van der Waals surface area contributed by atoms with E-state index in [-0.39, 0.29) is 29.0 Å². The van der Waals surface area contributed by atoms with E-state index in [4.69, 9.17) is 4.74 Å². The summed E-state index contributed by atoms with van der Waals surface area (Å²) in [6.45, 7) is 0.0641. The molecule has 3 aromatic heterocycles. The van der Waals surface area contributed by atoms with Crippen molar-refractivity contribution in [2.45, 2.75) is 13.2 Å². The predicted octanol–water partition coefficient (Wildman–Crippen LogP) is 1.86. The molecule has 8 nitrogen and oxygen atoms in total. The van der Waals surface area contributed by atoms with E-state index in [1.807, 2.05) is 30.3 Å². The van der Waals surface area contributed by atoms with Gasteiger partial charge in [-0.25, -0.2) is 9.59 Å². The molecular weight excluding hydrogens is 406 g/mol. The van der Waals surface area contributed by atoms with E-state index in [0.717, 1.165) is 21.5 Å². The Morgan fingerprint density at radius 2 is 1.83 bits per heavy atom. The summed E-state index contributed by atoms with van der Waals surface area (Å²) < 4.78 is 7.76. The summed E-state index contributed by atoms with van der Waals surface area (Å²) in [7, 11) is 1.56. The number of pyridine rings is 1. The van der Waals surface area contributed by atoms with Gasteiger partial charge in [0.25, 0.3) is 5.56 Å². The van der Waals surface area contributed by atoms with Crippen molar-refractivity contribution >= 4 is 27.5 Å². The molecule has 0 bridgehead atoms. The second kappa shape index (κ2) is 7.96. The van der Waals surface area contributed by atoms with Gasteiger partial charge in [-0.2, -0.15) is 0 Å². The van der Waals surface area contributed by atoms with Crippen molar-refractivity contribution in [1.29, 1.82) is 0 Å². The van der Waals surface area contributed by atoms with Crippen LogP contribution in [0.4, 0.5) is 0 Å². The minimum absolute atomic E-state index is 0.0752. The zero-order valence-electron chi connectivity index (χ0n) is 16.0. The van der Waals surface area contributed by atoms with Crippen LogP contribution < -0.4 is 16.8 Å². The topological polar surface area (TPSA) is 103 Å². The molecule has 0 saturated carbocycles. The van der Waals surface area contributed by atoms with E-state index in [0.29, 0.717) is 10.4 Å². The maximum atomic E-state index is 12.9. The molecule has 3 heterocycles. The van der Waals surface area contributed by atoms with Gasteiger partial charge in [-0.3, -0.25) is 18.7 Å². The Hall–Kier alpha value is -3.72. The molecule has 0 spiro atoms. The maximum Gasteiger partial charge on any atom is 0.348 e. The van der Waals surface area contributed by atoms with Crippen molar-refractivity contribution in [3.8, 4) is 0 Å². The summed E-state index contributed by atoms with van der Waals surface area (Å²) in [6.07, 6.45) is 1.47. The maximum absolute atomic E-state index is 12.9. The average molecular weight is 423 g/mol. The molecule has 0 aliphatic heterocycles. The number of carbonyl (C=O) groups is 1. The Bertz CT molecular complexity index is 1410. The third-order valence-electron chi connectivity index (χ3n) is 4.60. The average Bonchev–Trinajstić information content (AvgIpc) is 3.20. The molecular formula is C21H17N3O5S. The Balaban J connectivity index is 1.66. The van der Waals surface area contributed by atoms with Crippen molar-refractivity contribution in [1.82, 2.24) is 14.1 Å². The fraction of sp³-hybridized carbons (Fsp3) is 0.143. The Kier molecular flexibility index (Phi) is 5.20. The summed E-state index contributed by atoms with van der Waals surface area (Å²) in [6, 6.07) is 13.6. The van der Waals surface area contributed by atoms with Gasteiger partial charge in [0.1, 0.15) is 16.3 Å². The van der Waals surface area contributed by atoms with Gasteiger partial charge in [0.2, 0.25) is 5.56 Å². The first-order valence-corrected chi connectivity index (χ1v) is 9.88. The number of hydrogen-bond acceptors (Lipinski definition) is 6. The molecule has 152 valence electrons.